The fraction of sp³-hybridized carbons (Fsp3) is 0.500. The van der Waals surface area contributed by atoms with Crippen molar-refractivity contribution < 1.29 is 24.2 Å². The van der Waals surface area contributed by atoms with Gasteiger partial charge in [-0.3, -0.25) is 9.69 Å². The molecule has 1 saturated heterocycles. The van der Waals surface area contributed by atoms with Crippen LogP contribution in [-0.2, 0) is 19.1 Å². The molecular formula is C20H24N6O5. The Balaban J connectivity index is 1.88. The molecule has 31 heavy (non-hydrogen) atoms. The minimum atomic E-state index is -2.18. The third-order valence-corrected chi connectivity index (χ3v) is 4.56. The second-order valence-electron chi connectivity index (χ2n) is 8.36. The van der Waals surface area contributed by atoms with Crippen molar-refractivity contribution in [2.45, 2.75) is 51.9 Å². The zero-order chi connectivity index (χ0) is 23.0. The molecule has 0 radical (unpaired) electrons. The van der Waals surface area contributed by atoms with Gasteiger partial charge in [0, 0.05) is 17.8 Å². The van der Waals surface area contributed by atoms with Crippen molar-refractivity contribution in [2.75, 3.05) is 18.1 Å². The molecule has 0 aromatic carbocycles. The van der Waals surface area contributed by atoms with Crippen molar-refractivity contribution >= 4 is 17.7 Å². The first kappa shape index (κ1) is 22.3. The minimum Gasteiger partial charge on any atom is -0.458 e. The van der Waals surface area contributed by atoms with Gasteiger partial charge in [-0.1, -0.05) is 0 Å². The minimum absolute atomic E-state index is 0.0939. The van der Waals surface area contributed by atoms with Crippen LogP contribution in [0.5, 0.6) is 0 Å². The van der Waals surface area contributed by atoms with Crippen LogP contribution in [0.1, 0.15) is 39.1 Å². The van der Waals surface area contributed by atoms with E-state index in [2.05, 4.69) is 15.3 Å². The van der Waals surface area contributed by atoms with Crippen LogP contribution >= 0.6 is 0 Å². The average Bonchev–Trinajstić information content (AvgIpc) is 3.08. The van der Waals surface area contributed by atoms with Gasteiger partial charge >= 0.3 is 5.97 Å². The van der Waals surface area contributed by atoms with Crippen LogP contribution in [0.2, 0.25) is 0 Å². The van der Waals surface area contributed by atoms with Crippen LogP contribution < -0.4 is 4.90 Å². The third kappa shape index (κ3) is 4.55. The summed E-state index contributed by atoms with van der Waals surface area (Å²) in [6, 6.07) is 5.11. The van der Waals surface area contributed by atoms with E-state index < -0.39 is 29.2 Å². The molecule has 2 aromatic rings. The number of hydrogen-bond acceptors (Lipinski definition) is 9. The van der Waals surface area contributed by atoms with Gasteiger partial charge < -0.3 is 14.6 Å². The Bertz CT molecular complexity index is 1050. The van der Waals surface area contributed by atoms with Crippen molar-refractivity contribution in [3.8, 4) is 11.8 Å². The number of nitriles is 1. The number of ether oxygens (including phenoxy) is 2. The fourth-order valence-corrected chi connectivity index (χ4v) is 3.08. The van der Waals surface area contributed by atoms with Crippen LogP contribution in [0, 0.1) is 18.3 Å². The van der Waals surface area contributed by atoms with E-state index in [0.717, 1.165) is 0 Å². The molecule has 2 unspecified atom stereocenters. The van der Waals surface area contributed by atoms with Gasteiger partial charge in [0.05, 0.1) is 25.0 Å². The first-order chi connectivity index (χ1) is 14.4. The lowest BCUT2D eigenvalue weighted by atomic mass is 9.96. The van der Waals surface area contributed by atoms with Gasteiger partial charge in [-0.15, -0.1) is 10.2 Å². The fourth-order valence-electron chi connectivity index (χ4n) is 3.08. The second kappa shape index (κ2) is 8.05. The molecule has 3 heterocycles. The Morgan fingerprint density at radius 3 is 2.71 bits per heavy atom. The first-order valence-electron chi connectivity index (χ1n) is 9.62. The molecular weight excluding hydrogens is 404 g/mol. The Morgan fingerprint density at radius 2 is 2.06 bits per heavy atom. The molecule has 1 aliphatic rings. The largest absolute Gasteiger partial charge is 0.458 e. The Kier molecular flexibility index (Phi) is 5.80. The van der Waals surface area contributed by atoms with Gasteiger partial charge in [0.15, 0.2) is 23.2 Å². The maximum absolute atomic E-state index is 13.1. The normalized spacial score (nSPS) is 18.9. The van der Waals surface area contributed by atoms with Gasteiger partial charge in [0.2, 0.25) is 0 Å². The van der Waals surface area contributed by atoms with Gasteiger partial charge in [-0.2, -0.15) is 10.4 Å². The standard InChI is InChI=1S/C20H24N6O5/c1-12-8-15(24-26(12)14-9-13(10-21)23-22-11-14)25-6-7-30-16(17(25)27)20(5,29)18(28)31-19(2,3)4/h8-9,11,16,29H,6-7H2,1-5H3. The summed E-state index contributed by atoms with van der Waals surface area (Å²) in [5.41, 5.74) is -1.70. The van der Waals surface area contributed by atoms with Crippen LogP contribution in [-0.4, -0.2) is 67.4 Å². The highest BCUT2D eigenvalue weighted by Crippen LogP contribution is 2.27. The van der Waals surface area contributed by atoms with E-state index in [0.29, 0.717) is 17.2 Å². The quantitative estimate of drug-likeness (QED) is 0.695. The van der Waals surface area contributed by atoms with Crippen LogP contribution in [0.3, 0.4) is 0 Å². The summed E-state index contributed by atoms with van der Waals surface area (Å²) >= 11 is 0. The van der Waals surface area contributed by atoms with E-state index in [1.807, 2.05) is 6.07 Å². The van der Waals surface area contributed by atoms with Crippen molar-refractivity contribution in [1.82, 2.24) is 20.0 Å². The molecule has 1 N–H and O–H groups in total. The third-order valence-electron chi connectivity index (χ3n) is 4.56. The van der Waals surface area contributed by atoms with Crippen molar-refractivity contribution in [3.05, 3.63) is 29.7 Å². The van der Waals surface area contributed by atoms with Gasteiger partial charge in [-0.05, 0) is 34.6 Å². The second-order valence-corrected chi connectivity index (χ2v) is 8.36. The summed E-state index contributed by atoms with van der Waals surface area (Å²) in [6.07, 6.45) is -0.00340. The Hall–Kier alpha value is -3.36. The summed E-state index contributed by atoms with van der Waals surface area (Å²) in [5.74, 6) is -1.25. The van der Waals surface area contributed by atoms with Crippen molar-refractivity contribution in [2.24, 2.45) is 0 Å². The molecule has 3 rings (SSSR count). The number of rotatable bonds is 4. The number of morpholine rings is 1. The molecule has 0 aliphatic carbocycles. The zero-order valence-electron chi connectivity index (χ0n) is 18.0. The highest BCUT2D eigenvalue weighted by Gasteiger charge is 2.50. The monoisotopic (exact) mass is 428 g/mol. The Labute approximate surface area is 179 Å². The summed E-state index contributed by atoms with van der Waals surface area (Å²) in [6.45, 7) is 8.25. The van der Waals surface area contributed by atoms with E-state index in [9.17, 15) is 14.7 Å². The maximum Gasteiger partial charge on any atom is 0.341 e. The molecule has 1 amide bonds. The molecule has 1 fully saturated rings. The van der Waals surface area contributed by atoms with Crippen molar-refractivity contribution in [1.29, 1.82) is 5.26 Å². The van der Waals surface area contributed by atoms with E-state index in [4.69, 9.17) is 14.7 Å². The number of carbonyl (C=O) groups excluding carboxylic acids is 2. The number of aliphatic hydroxyl groups is 1. The van der Waals surface area contributed by atoms with Crippen LogP contribution in [0.4, 0.5) is 5.82 Å². The number of amides is 1. The summed E-state index contributed by atoms with van der Waals surface area (Å²) in [4.78, 5) is 27.0. The predicted octanol–water partition coefficient (Wildman–Crippen LogP) is 0.667. The molecule has 11 nitrogen and oxygen atoms in total. The number of aryl methyl sites for hydroxylation is 1. The molecule has 11 heteroatoms. The molecule has 2 aromatic heterocycles. The summed E-state index contributed by atoms with van der Waals surface area (Å²) in [7, 11) is 0. The predicted molar refractivity (Wildman–Crippen MR) is 107 cm³/mol. The van der Waals surface area contributed by atoms with Crippen LogP contribution in [0.25, 0.3) is 5.69 Å². The molecule has 1 aliphatic heterocycles. The zero-order valence-corrected chi connectivity index (χ0v) is 18.0. The smallest absolute Gasteiger partial charge is 0.341 e. The first-order valence-corrected chi connectivity index (χ1v) is 9.62. The molecule has 0 spiro atoms. The van der Waals surface area contributed by atoms with E-state index in [-0.39, 0.29) is 18.8 Å². The van der Waals surface area contributed by atoms with Gasteiger partial charge in [0.25, 0.3) is 5.91 Å². The van der Waals surface area contributed by atoms with E-state index >= 15 is 0 Å². The number of hydrogen-bond donors (Lipinski definition) is 1. The average molecular weight is 428 g/mol. The summed E-state index contributed by atoms with van der Waals surface area (Å²) in [5, 5.41) is 31.7. The molecule has 0 saturated carbocycles. The molecule has 2 atom stereocenters. The van der Waals surface area contributed by atoms with E-state index in [1.165, 1.54) is 28.8 Å². The summed E-state index contributed by atoms with van der Waals surface area (Å²) < 4.78 is 12.2. The van der Waals surface area contributed by atoms with Gasteiger partial charge in [-0.25, -0.2) is 9.48 Å². The number of carbonyl (C=O) groups is 2. The number of nitrogens with zero attached hydrogens (tertiary/aromatic N) is 6. The number of aromatic nitrogens is 4. The topological polar surface area (TPSA) is 143 Å². The lowest BCUT2D eigenvalue weighted by Gasteiger charge is -2.38. The SMILES string of the molecule is Cc1cc(N2CCOC(C(C)(O)C(=O)OC(C)(C)C)C2=O)nn1-c1cnnc(C#N)c1. The lowest BCUT2D eigenvalue weighted by molar-refractivity contribution is -0.194. The lowest BCUT2D eigenvalue weighted by Crippen LogP contribution is -2.61. The highest BCUT2D eigenvalue weighted by atomic mass is 16.6. The Morgan fingerprint density at radius 1 is 1.35 bits per heavy atom. The molecule has 164 valence electrons. The number of esters is 1. The maximum atomic E-state index is 13.1. The van der Waals surface area contributed by atoms with Gasteiger partial charge in [0.1, 0.15) is 11.7 Å². The van der Waals surface area contributed by atoms with Crippen LogP contribution in [0.15, 0.2) is 18.3 Å². The van der Waals surface area contributed by atoms with E-state index in [1.54, 1.807) is 33.8 Å². The number of anilines is 1. The highest BCUT2D eigenvalue weighted by molar-refractivity contribution is 6.01. The molecule has 0 bridgehead atoms. The van der Waals surface area contributed by atoms with Crippen molar-refractivity contribution in [3.63, 3.8) is 0 Å².